The molecule has 138 valence electrons. The van der Waals surface area contributed by atoms with Gasteiger partial charge < -0.3 is 14.6 Å². The summed E-state index contributed by atoms with van der Waals surface area (Å²) < 4.78 is 4.97. The molecule has 1 aromatic heterocycles. The number of aromatic nitrogens is 1. The van der Waals surface area contributed by atoms with Crippen LogP contribution in [0.1, 0.15) is 72.1 Å². The van der Waals surface area contributed by atoms with Crippen LogP contribution in [0.3, 0.4) is 0 Å². The van der Waals surface area contributed by atoms with Crippen molar-refractivity contribution in [3.8, 4) is 0 Å². The van der Waals surface area contributed by atoms with Gasteiger partial charge in [-0.25, -0.2) is 0 Å². The van der Waals surface area contributed by atoms with Gasteiger partial charge in [-0.1, -0.05) is 6.92 Å². The maximum absolute atomic E-state index is 13.1. The Hall–Kier alpha value is -2.11. The molecular formula is C19H28N2O4. The summed E-state index contributed by atoms with van der Waals surface area (Å²) in [4.78, 5) is 41.5. The second-order valence-electron chi connectivity index (χ2n) is 6.64. The summed E-state index contributed by atoms with van der Waals surface area (Å²) in [5, 5.41) is 0. The Morgan fingerprint density at radius 3 is 2.44 bits per heavy atom. The number of aryl methyl sites for hydroxylation is 1. The number of ketones is 1. The first-order valence-electron chi connectivity index (χ1n) is 9.06. The van der Waals surface area contributed by atoms with Gasteiger partial charge in [0.1, 0.15) is 5.69 Å². The molecule has 0 unspecified atom stereocenters. The maximum Gasteiger partial charge on any atom is 0.307 e. The molecule has 1 N–H and O–H groups in total. The highest BCUT2D eigenvalue weighted by atomic mass is 16.5. The number of carbonyl (C=O) groups is 3. The van der Waals surface area contributed by atoms with Crippen LogP contribution in [0.4, 0.5) is 0 Å². The minimum atomic E-state index is -0.293. The van der Waals surface area contributed by atoms with E-state index in [9.17, 15) is 14.4 Å². The topological polar surface area (TPSA) is 79.5 Å². The van der Waals surface area contributed by atoms with Gasteiger partial charge >= 0.3 is 5.97 Å². The normalized spacial score (nSPS) is 13.6. The van der Waals surface area contributed by atoms with Gasteiger partial charge in [0.25, 0.3) is 5.91 Å². The van der Waals surface area contributed by atoms with E-state index in [1.807, 2.05) is 13.8 Å². The fourth-order valence-electron chi connectivity index (χ4n) is 3.19. The summed E-state index contributed by atoms with van der Waals surface area (Å²) in [6, 6.07) is 0. The van der Waals surface area contributed by atoms with Crippen LogP contribution < -0.4 is 0 Å². The van der Waals surface area contributed by atoms with Crippen LogP contribution in [0.25, 0.3) is 0 Å². The summed E-state index contributed by atoms with van der Waals surface area (Å²) in [6.45, 7) is 8.37. The van der Waals surface area contributed by atoms with Crippen LogP contribution in [0, 0.1) is 12.8 Å². The average Bonchev–Trinajstić information content (AvgIpc) is 3.31. The van der Waals surface area contributed by atoms with Crippen LogP contribution in [0.15, 0.2) is 0 Å². The van der Waals surface area contributed by atoms with Gasteiger partial charge in [-0.05, 0) is 51.5 Å². The Labute approximate surface area is 148 Å². The molecule has 0 aromatic carbocycles. The molecule has 6 nitrogen and oxygen atoms in total. The quantitative estimate of drug-likeness (QED) is 0.550. The van der Waals surface area contributed by atoms with E-state index in [4.69, 9.17) is 4.74 Å². The highest BCUT2D eigenvalue weighted by Gasteiger charge is 2.30. The molecule has 0 bridgehead atoms. The first-order valence-corrected chi connectivity index (χ1v) is 9.06. The molecule has 0 spiro atoms. The second kappa shape index (κ2) is 8.32. The summed E-state index contributed by atoms with van der Waals surface area (Å²) in [5.41, 5.74) is 2.59. The lowest BCUT2D eigenvalue weighted by molar-refractivity contribution is -0.143. The van der Waals surface area contributed by atoms with Gasteiger partial charge in [0.15, 0.2) is 5.78 Å². The number of nitrogens with zero attached hydrogens (tertiary/aromatic N) is 1. The Bertz CT molecular complexity index is 659. The minimum absolute atomic E-state index is 0.0371. The third-order valence-electron chi connectivity index (χ3n) is 4.56. The minimum Gasteiger partial charge on any atom is -0.466 e. The molecule has 0 atom stereocenters. The first-order chi connectivity index (χ1) is 11.9. The number of nitrogens with one attached hydrogen (secondary N) is 1. The molecule has 1 aliphatic carbocycles. The van der Waals surface area contributed by atoms with Gasteiger partial charge in [-0.3, -0.25) is 14.4 Å². The van der Waals surface area contributed by atoms with Crippen LogP contribution in [0.2, 0.25) is 0 Å². The van der Waals surface area contributed by atoms with E-state index in [1.54, 1.807) is 11.8 Å². The highest BCUT2D eigenvalue weighted by molar-refractivity contribution is 6.02. The lowest BCUT2D eigenvalue weighted by Gasteiger charge is -2.22. The van der Waals surface area contributed by atoms with Gasteiger partial charge in [0.2, 0.25) is 0 Å². The summed E-state index contributed by atoms with van der Waals surface area (Å²) in [5.74, 6) is 0.0482. The van der Waals surface area contributed by atoms with Gasteiger partial charge in [0, 0.05) is 24.3 Å². The van der Waals surface area contributed by atoms with Crippen molar-refractivity contribution in [1.82, 2.24) is 9.88 Å². The van der Waals surface area contributed by atoms with Crippen molar-refractivity contribution in [2.24, 2.45) is 5.92 Å². The van der Waals surface area contributed by atoms with E-state index in [0.29, 0.717) is 43.3 Å². The number of esters is 1. The predicted molar refractivity (Wildman–Crippen MR) is 94.8 cm³/mol. The average molecular weight is 348 g/mol. The van der Waals surface area contributed by atoms with Crippen molar-refractivity contribution in [2.75, 3.05) is 19.7 Å². The summed E-state index contributed by atoms with van der Waals surface area (Å²) in [6.07, 6.45) is 3.03. The number of hydrogen-bond donors (Lipinski definition) is 1. The van der Waals surface area contributed by atoms with Crippen LogP contribution >= 0.6 is 0 Å². The van der Waals surface area contributed by atoms with Gasteiger partial charge in [0.05, 0.1) is 13.0 Å². The Morgan fingerprint density at radius 2 is 1.92 bits per heavy atom. The molecule has 1 fully saturated rings. The molecule has 1 amide bonds. The fraction of sp³-hybridized carbons (Fsp3) is 0.632. The standard InChI is InChI=1S/C19H28N2O4/c1-5-15-17(13(4)22)12(3)20-18(15)19(24)21(11-14-7-8-14)10-9-16(23)25-6-2/h14,20H,5-11H2,1-4H3. The summed E-state index contributed by atoms with van der Waals surface area (Å²) in [7, 11) is 0. The monoisotopic (exact) mass is 348 g/mol. The maximum atomic E-state index is 13.1. The molecule has 2 rings (SSSR count). The SMILES string of the molecule is CCOC(=O)CCN(CC1CC1)C(=O)c1[nH]c(C)c(C(C)=O)c1CC. The molecular weight excluding hydrogens is 320 g/mol. The van der Waals surface area contributed by atoms with Crippen molar-refractivity contribution in [3.05, 3.63) is 22.5 Å². The third-order valence-corrected chi connectivity index (χ3v) is 4.56. The third kappa shape index (κ3) is 4.71. The van der Waals surface area contributed by atoms with E-state index in [-0.39, 0.29) is 24.1 Å². The van der Waals surface area contributed by atoms with E-state index in [2.05, 4.69) is 4.98 Å². The lowest BCUT2D eigenvalue weighted by atomic mass is 10.0. The van der Waals surface area contributed by atoms with Crippen molar-refractivity contribution in [2.45, 2.75) is 53.4 Å². The van der Waals surface area contributed by atoms with E-state index in [1.165, 1.54) is 6.92 Å². The van der Waals surface area contributed by atoms with E-state index >= 15 is 0 Å². The summed E-state index contributed by atoms with van der Waals surface area (Å²) >= 11 is 0. The zero-order chi connectivity index (χ0) is 18.6. The van der Waals surface area contributed by atoms with Crippen molar-refractivity contribution >= 4 is 17.7 Å². The first kappa shape index (κ1) is 19.2. The molecule has 1 aliphatic rings. The molecule has 6 heteroatoms. The number of amides is 1. The molecule has 1 saturated carbocycles. The smallest absolute Gasteiger partial charge is 0.307 e. The number of ether oxygens (including phenoxy) is 1. The Balaban J connectivity index is 2.22. The Morgan fingerprint density at radius 1 is 1.24 bits per heavy atom. The molecule has 0 radical (unpaired) electrons. The van der Waals surface area contributed by atoms with Crippen molar-refractivity contribution in [1.29, 1.82) is 0 Å². The van der Waals surface area contributed by atoms with Crippen molar-refractivity contribution < 1.29 is 19.1 Å². The lowest BCUT2D eigenvalue weighted by Crippen LogP contribution is -2.35. The molecule has 25 heavy (non-hydrogen) atoms. The van der Waals surface area contributed by atoms with Gasteiger partial charge in [-0.2, -0.15) is 0 Å². The van der Waals surface area contributed by atoms with E-state index in [0.717, 1.165) is 24.1 Å². The zero-order valence-electron chi connectivity index (χ0n) is 15.6. The number of carbonyl (C=O) groups excluding carboxylic acids is 3. The van der Waals surface area contributed by atoms with Crippen LogP contribution in [-0.4, -0.2) is 47.2 Å². The number of hydrogen-bond acceptors (Lipinski definition) is 4. The van der Waals surface area contributed by atoms with E-state index < -0.39 is 0 Å². The zero-order valence-corrected chi connectivity index (χ0v) is 15.6. The number of Topliss-reactive ketones (excluding diaryl/α,β-unsaturated/α-hetero) is 1. The Kier molecular flexibility index (Phi) is 6.39. The largest absolute Gasteiger partial charge is 0.466 e. The van der Waals surface area contributed by atoms with Crippen LogP contribution in [-0.2, 0) is 16.0 Å². The molecule has 0 saturated heterocycles. The fourth-order valence-corrected chi connectivity index (χ4v) is 3.19. The number of rotatable bonds is 9. The number of aromatic amines is 1. The highest BCUT2D eigenvalue weighted by Crippen LogP contribution is 2.31. The van der Waals surface area contributed by atoms with Gasteiger partial charge in [-0.15, -0.1) is 0 Å². The predicted octanol–water partition coefficient (Wildman–Crippen LogP) is 2.89. The molecule has 1 heterocycles. The molecule has 0 aliphatic heterocycles. The van der Waals surface area contributed by atoms with Crippen LogP contribution in [0.5, 0.6) is 0 Å². The number of H-pyrrole nitrogens is 1. The van der Waals surface area contributed by atoms with Crippen molar-refractivity contribution in [3.63, 3.8) is 0 Å². The molecule has 1 aromatic rings. The second-order valence-corrected chi connectivity index (χ2v) is 6.64.